The Morgan fingerprint density at radius 1 is 1.39 bits per heavy atom. The van der Waals surface area contributed by atoms with Gasteiger partial charge in [-0.25, -0.2) is 4.99 Å². The molecule has 0 radical (unpaired) electrons. The monoisotopic (exact) mass is 316 g/mol. The number of aliphatic imine (C=N–C) groups is 1. The van der Waals surface area contributed by atoms with Crippen LogP contribution in [0, 0.1) is 11.8 Å². The second kappa shape index (κ2) is 6.89. The van der Waals surface area contributed by atoms with E-state index in [1.54, 1.807) is 0 Å². The number of nitrogens with two attached hydrogens (primary N) is 2. The summed E-state index contributed by atoms with van der Waals surface area (Å²) >= 11 is 0. The van der Waals surface area contributed by atoms with Gasteiger partial charge in [0.15, 0.2) is 6.10 Å². The summed E-state index contributed by atoms with van der Waals surface area (Å²) in [7, 11) is 2.03. The highest BCUT2D eigenvalue weighted by molar-refractivity contribution is 5.89. The van der Waals surface area contributed by atoms with Crippen LogP contribution >= 0.6 is 0 Å². The summed E-state index contributed by atoms with van der Waals surface area (Å²) in [6, 6.07) is 6.60. The number of hydrogen-bond acceptors (Lipinski definition) is 5. The molecule has 2 aliphatic rings. The van der Waals surface area contributed by atoms with Crippen LogP contribution in [-0.2, 0) is 0 Å². The van der Waals surface area contributed by atoms with Gasteiger partial charge >= 0.3 is 0 Å². The van der Waals surface area contributed by atoms with Gasteiger partial charge in [-0.1, -0.05) is 12.5 Å². The fourth-order valence-electron chi connectivity index (χ4n) is 3.92. The van der Waals surface area contributed by atoms with Crippen molar-refractivity contribution in [2.24, 2.45) is 28.3 Å². The first-order valence-electron chi connectivity index (χ1n) is 8.64. The van der Waals surface area contributed by atoms with E-state index in [0.717, 1.165) is 18.0 Å². The molecule has 0 saturated heterocycles. The van der Waals surface area contributed by atoms with E-state index in [0.29, 0.717) is 23.7 Å². The van der Waals surface area contributed by atoms with E-state index in [4.69, 9.17) is 16.2 Å². The highest BCUT2D eigenvalue weighted by Gasteiger charge is 2.29. The van der Waals surface area contributed by atoms with Gasteiger partial charge in [-0.15, -0.1) is 0 Å². The fourth-order valence-corrected chi connectivity index (χ4v) is 3.92. The van der Waals surface area contributed by atoms with Crippen molar-refractivity contribution in [2.75, 3.05) is 13.6 Å². The van der Waals surface area contributed by atoms with E-state index in [1.165, 1.54) is 31.2 Å². The minimum Gasteiger partial charge on any atom is -0.481 e. The predicted molar refractivity (Wildman–Crippen MR) is 94.1 cm³/mol. The molecule has 126 valence electrons. The summed E-state index contributed by atoms with van der Waals surface area (Å²) in [5, 5.41) is 3.50. The molecular formula is C18H28N4O. The van der Waals surface area contributed by atoms with Gasteiger partial charge in [0, 0.05) is 6.04 Å². The van der Waals surface area contributed by atoms with Crippen LogP contribution in [-0.4, -0.2) is 25.5 Å². The number of hydrogen-bond donors (Lipinski definition) is 3. The molecule has 3 rings (SSSR count). The van der Waals surface area contributed by atoms with Crippen molar-refractivity contribution in [1.29, 1.82) is 0 Å². The van der Waals surface area contributed by atoms with E-state index in [-0.39, 0.29) is 6.10 Å². The quantitative estimate of drug-likeness (QED) is 0.796. The van der Waals surface area contributed by atoms with Gasteiger partial charge in [0.05, 0.1) is 0 Å². The molecule has 1 aliphatic heterocycles. The first-order valence-corrected chi connectivity index (χ1v) is 8.64. The van der Waals surface area contributed by atoms with Crippen molar-refractivity contribution in [3.63, 3.8) is 0 Å². The van der Waals surface area contributed by atoms with Gasteiger partial charge in [-0.3, -0.25) is 0 Å². The van der Waals surface area contributed by atoms with Gasteiger partial charge < -0.3 is 21.5 Å². The normalized spacial score (nSPS) is 28.5. The molecule has 1 aromatic carbocycles. The Labute approximate surface area is 138 Å². The van der Waals surface area contributed by atoms with E-state index in [1.807, 2.05) is 20.0 Å². The van der Waals surface area contributed by atoms with Crippen LogP contribution in [0.3, 0.4) is 0 Å². The maximum absolute atomic E-state index is 5.93. The van der Waals surface area contributed by atoms with E-state index >= 15 is 0 Å². The third kappa shape index (κ3) is 3.35. The third-order valence-corrected chi connectivity index (χ3v) is 5.25. The largest absolute Gasteiger partial charge is 0.481 e. The molecule has 5 N–H and O–H groups in total. The smallest absolute Gasteiger partial charge is 0.153 e. The van der Waals surface area contributed by atoms with Gasteiger partial charge in [-0.05, 0) is 69.3 Å². The SMILES string of the molecule is CNC(c1ccc2c(c1)N=C(N)C(C)O2)C1CCCC(CN)C1. The lowest BCUT2D eigenvalue weighted by molar-refractivity contribution is 0.222. The summed E-state index contributed by atoms with van der Waals surface area (Å²) in [6.07, 6.45) is 4.81. The van der Waals surface area contributed by atoms with Crippen molar-refractivity contribution >= 4 is 11.5 Å². The third-order valence-electron chi connectivity index (χ3n) is 5.25. The number of ether oxygens (including phenoxy) is 1. The van der Waals surface area contributed by atoms with Crippen LogP contribution in [0.25, 0.3) is 0 Å². The number of nitrogens with one attached hydrogen (secondary N) is 1. The predicted octanol–water partition coefficient (Wildman–Crippen LogP) is 2.48. The van der Waals surface area contributed by atoms with Crippen molar-refractivity contribution < 1.29 is 4.74 Å². The van der Waals surface area contributed by atoms with Crippen LogP contribution < -0.4 is 21.5 Å². The molecule has 1 heterocycles. The molecular weight excluding hydrogens is 288 g/mol. The zero-order valence-corrected chi connectivity index (χ0v) is 14.1. The lowest BCUT2D eigenvalue weighted by Gasteiger charge is -2.34. The molecule has 1 fully saturated rings. The molecule has 4 atom stereocenters. The molecule has 0 amide bonds. The molecule has 0 spiro atoms. The van der Waals surface area contributed by atoms with Crippen LogP contribution in [0.15, 0.2) is 23.2 Å². The number of fused-ring (bicyclic) bond motifs is 1. The standard InChI is InChI=1S/C18H28N4O/c1-11-18(20)22-15-9-14(6-7-16(15)23-11)17(21-2)13-5-3-4-12(8-13)10-19/h6-7,9,11-13,17,21H,3-5,8,10,19H2,1-2H3,(H2,20,22). The molecule has 5 nitrogen and oxygen atoms in total. The molecule has 1 aromatic rings. The van der Waals surface area contributed by atoms with E-state index in [2.05, 4.69) is 22.4 Å². The zero-order chi connectivity index (χ0) is 16.4. The van der Waals surface area contributed by atoms with Crippen LogP contribution in [0.1, 0.15) is 44.2 Å². The molecule has 23 heavy (non-hydrogen) atoms. The Kier molecular flexibility index (Phi) is 4.87. The summed E-state index contributed by atoms with van der Waals surface area (Å²) in [4.78, 5) is 4.50. The molecule has 1 aliphatic carbocycles. The van der Waals surface area contributed by atoms with E-state index < -0.39 is 0 Å². The van der Waals surface area contributed by atoms with Crippen molar-refractivity contribution in [2.45, 2.75) is 44.8 Å². The molecule has 0 bridgehead atoms. The summed E-state index contributed by atoms with van der Waals surface area (Å²) in [6.45, 7) is 2.71. The minimum atomic E-state index is -0.155. The van der Waals surface area contributed by atoms with Crippen molar-refractivity contribution in [3.05, 3.63) is 23.8 Å². The van der Waals surface area contributed by atoms with Gasteiger partial charge in [0.25, 0.3) is 0 Å². The van der Waals surface area contributed by atoms with Crippen LogP contribution in [0.4, 0.5) is 5.69 Å². The van der Waals surface area contributed by atoms with Crippen molar-refractivity contribution in [1.82, 2.24) is 5.32 Å². The number of amidine groups is 1. The zero-order valence-electron chi connectivity index (χ0n) is 14.1. The highest BCUT2D eigenvalue weighted by atomic mass is 16.5. The lowest BCUT2D eigenvalue weighted by Crippen LogP contribution is -2.33. The minimum absolute atomic E-state index is 0.155. The average molecular weight is 316 g/mol. The molecule has 0 aromatic heterocycles. The molecule has 4 unspecified atom stereocenters. The van der Waals surface area contributed by atoms with Crippen molar-refractivity contribution in [3.8, 4) is 5.75 Å². The number of nitrogens with zero attached hydrogens (tertiary/aromatic N) is 1. The fraction of sp³-hybridized carbons (Fsp3) is 0.611. The summed E-state index contributed by atoms with van der Waals surface area (Å²) < 4.78 is 5.80. The summed E-state index contributed by atoms with van der Waals surface area (Å²) in [5.41, 5.74) is 13.9. The second-order valence-electron chi connectivity index (χ2n) is 6.82. The molecule has 5 heteroatoms. The number of rotatable bonds is 4. The summed E-state index contributed by atoms with van der Waals surface area (Å²) in [5.74, 6) is 2.62. The molecule has 1 saturated carbocycles. The first kappa shape index (κ1) is 16.3. The van der Waals surface area contributed by atoms with Gasteiger partial charge in [0.2, 0.25) is 0 Å². The number of benzene rings is 1. The Bertz CT molecular complexity index is 586. The first-order chi connectivity index (χ1) is 11.1. The maximum Gasteiger partial charge on any atom is 0.153 e. The van der Waals surface area contributed by atoms with Crippen LogP contribution in [0.5, 0.6) is 5.75 Å². The lowest BCUT2D eigenvalue weighted by atomic mass is 9.76. The van der Waals surface area contributed by atoms with E-state index in [9.17, 15) is 0 Å². The second-order valence-corrected chi connectivity index (χ2v) is 6.82. The Balaban J connectivity index is 1.84. The van der Waals surface area contributed by atoms with Gasteiger partial charge in [-0.2, -0.15) is 0 Å². The Hall–Kier alpha value is -1.59. The Morgan fingerprint density at radius 3 is 2.96 bits per heavy atom. The topological polar surface area (TPSA) is 85.7 Å². The average Bonchev–Trinajstić information content (AvgIpc) is 2.57. The Morgan fingerprint density at radius 2 is 2.22 bits per heavy atom. The van der Waals surface area contributed by atoms with Gasteiger partial charge in [0.1, 0.15) is 17.3 Å². The van der Waals surface area contributed by atoms with Crippen LogP contribution in [0.2, 0.25) is 0 Å². The maximum atomic E-state index is 5.93. The highest BCUT2D eigenvalue weighted by Crippen LogP contribution is 2.40.